The lowest BCUT2D eigenvalue weighted by Crippen LogP contribution is -2.31. The zero-order chi connectivity index (χ0) is 21.2. The van der Waals surface area contributed by atoms with Crippen LogP contribution >= 0.6 is 0 Å². The van der Waals surface area contributed by atoms with Crippen LogP contribution in [0.2, 0.25) is 0 Å². The minimum atomic E-state index is -4.08. The molecule has 1 N–H and O–H groups in total. The van der Waals surface area contributed by atoms with Crippen LogP contribution < -0.4 is 4.72 Å². The van der Waals surface area contributed by atoms with Crippen molar-refractivity contribution in [3.63, 3.8) is 0 Å². The molecule has 0 amide bonds. The molecule has 2 aromatic carbocycles. The Morgan fingerprint density at radius 1 is 0.929 bits per heavy atom. The summed E-state index contributed by atoms with van der Waals surface area (Å²) in [5.41, 5.74) is 0.194. The lowest BCUT2D eigenvalue weighted by atomic mass is 10.1. The van der Waals surface area contributed by atoms with E-state index >= 15 is 0 Å². The van der Waals surface area contributed by atoms with Gasteiger partial charge in [-0.2, -0.15) is 4.72 Å². The van der Waals surface area contributed by atoms with Crippen LogP contribution in [0.4, 0.5) is 22.0 Å². The first kappa shape index (κ1) is 21.8. The summed E-state index contributed by atoms with van der Waals surface area (Å²) in [6, 6.07) is 4.24. The molecule has 0 aromatic heterocycles. The lowest BCUT2D eigenvalue weighted by Gasteiger charge is -2.10. The van der Waals surface area contributed by atoms with Crippen LogP contribution in [-0.2, 0) is 26.2 Å². The van der Waals surface area contributed by atoms with Crippen molar-refractivity contribution in [2.24, 2.45) is 0 Å². The van der Waals surface area contributed by atoms with Crippen molar-refractivity contribution in [1.29, 1.82) is 0 Å². The van der Waals surface area contributed by atoms with Gasteiger partial charge in [0.2, 0.25) is 15.8 Å². The monoisotopic (exact) mass is 423 g/mol. The van der Waals surface area contributed by atoms with E-state index < -0.39 is 63.8 Å². The number of nitrogens with one attached hydrogen (secondary N) is 1. The number of aryl methyl sites for hydroxylation is 2. The number of rotatable bonds is 6. The Balaban J connectivity index is 2.05. The Morgan fingerprint density at radius 3 is 2.00 bits per heavy atom. The van der Waals surface area contributed by atoms with E-state index in [9.17, 15) is 35.2 Å². The molecule has 152 valence electrons. The maximum atomic E-state index is 13.5. The summed E-state index contributed by atoms with van der Waals surface area (Å²) < 4.78 is 96.7. The fourth-order valence-electron chi connectivity index (χ4n) is 2.10. The normalized spacial score (nSPS) is 11.5. The molecular weight excluding hydrogens is 409 g/mol. The molecule has 0 aliphatic heterocycles. The number of halogens is 5. The molecule has 0 bridgehead atoms. The van der Waals surface area contributed by atoms with Gasteiger partial charge in [-0.25, -0.2) is 30.4 Å². The number of carbonyl (C=O) groups is 1. The predicted octanol–water partition coefficient (Wildman–Crippen LogP) is 3.02. The molecular formula is C17H14F5NO4S. The number of sulfonamides is 1. The number of hydrogen-bond acceptors (Lipinski definition) is 4. The molecule has 0 atom stereocenters. The Morgan fingerprint density at radius 2 is 1.46 bits per heavy atom. The summed E-state index contributed by atoms with van der Waals surface area (Å²) in [7, 11) is -4.08. The topological polar surface area (TPSA) is 72.5 Å². The van der Waals surface area contributed by atoms with Crippen LogP contribution in [0.1, 0.15) is 16.7 Å². The maximum Gasteiger partial charge on any atom is 0.321 e. The molecule has 0 saturated carbocycles. The van der Waals surface area contributed by atoms with Crippen LogP contribution in [0.3, 0.4) is 0 Å². The van der Waals surface area contributed by atoms with Crippen molar-refractivity contribution in [3.05, 3.63) is 64.0 Å². The molecule has 0 unspecified atom stereocenters. The Kier molecular flexibility index (Phi) is 6.40. The second-order valence-electron chi connectivity index (χ2n) is 5.78. The van der Waals surface area contributed by atoms with Gasteiger partial charge in [0.1, 0.15) is 13.2 Å². The molecule has 0 saturated heterocycles. The number of carbonyl (C=O) groups excluding carboxylic acids is 1. The highest BCUT2D eigenvalue weighted by atomic mass is 32.2. The zero-order valence-corrected chi connectivity index (χ0v) is 15.4. The van der Waals surface area contributed by atoms with E-state index in [0.29, 0.717) is 5.56 Å². The van der Waals surface area contributed by atoms with Crippen LogP contribution in [-0.4, -0.2) is 20.9 Å². The third-order valence-corrected chi connectivity index (χ3v) is 5.27. The Labute approximate surface area is 157 Å². The van der Waals surface area contributed by atoms with E-state index in [2.05, 4.69) is 4.74 Å². The minimum Gasteiger partial charge on any atom is -0.460 e. The van der Waals surface area contributed by atoms with Crippen LogP contribution in [0, 0.1) is 42.9 Å². The molecule has 0 radical (unpaired) electrons. The van der Waals surface area contributed by atoms with E-state index in [4.69, 9.17) is 0 Å². The number of ether oxygens (including phenoxy) is 1. The minimum absolute atomic E-state index is 0.122. The Bertz CT molecular complexity index is 1010. The van der Waals surface area contributed by atoms with Gasteiger partial charge >= 0.3 is 5.97 Å². The third kappa shape index (κ3) is 4.47. The van der Waals surface area contributed by atoms with Crippen LogP contribution in [0.25, 0.3) is 0 Å². The molecule has 0 fully saturated rings. The molecule has 0 aliphatic carbocycles. The summed E-state index contributed by atoms with van der Waals surface area (Å²) in [6.07, 6.45) is 0. The number of benzene rings is 2. The van der Waals surface area contributed by atoms with Gasteiger partial charge < -0.3 is 4.74 Å². The fraction of sp³-hybridized carbons (Fsp3) is 0.235. The average molecular weight is 423 g/mol. The average Bonchev–Trinajstić information content (AvgIpc) is 2.65. The first-order valence-corrected chi connectivity index (χ1v) is 9.17. The molecule has 28 heavy (non-hydrogen) atoms. The van der Waals surface area contributed by atoms with Gasteiger partial charge in [0, 0.05) is 0 Å². The number of esters is 1. The quantitative estimate of drug-likeness (QED) is 0.336. The second-order valence-corrected chi connectivity index (χ2v) is 7.55. The van der Waals surface area contributed by atoms with Crippen molar-refractivity contribution < 1.29 is 39.9 Å². The highest BCUT2D eigenvalue weighted by molar-refractivity contribution is 7.89. The van der Waals surface area contributed by atoms with E-state index in [0.717, 1.165) is 5.56 Å². The molecule has 2 rings (SSSR count). The van der Waals surface area contributed by atoms with Gasteiger partial charge in [-0.15, -0.1) is 0 Å². The molecule has 5 nitrogen and oxygen atoms in total. The van der Waals surface area contributed by atoms with Crippen LogP contribution in [0.15, 0.2) is 23.1 Å². The zero-order valence-electron chi connectivity index (χ0n) is 14.6. The van der Waals surface area contributed by atoms with E-state index in [1.807, 2.05) is 4.72 Å². The van der Waals surface area contributed by atoms with Crippen molar-refractivity contribution in [2.75, 3.05) is 6.54 Å². The Hall–Kier alpha value is -2.53. The van der Waals surface area contributed by atoms with Gasteiger partial charge in [0.05, 0.1) is 10.5 Å². The SMILES string of the molecule is Cc1ccc(S(=O)(=O)NCC(=O)OCc2c(F)c(F)c(F)c(F)c2F)cc1C. The molecule has 11 heteroatoms. The highest BCUT2D eigenvalue weighted by Gasteiger charge is 2.26. The van der Waals surface area contributed by atoms with Crippen LogP contribution in [0.5, 0.6) is 0 Å². The molecule has 0 heterocycles. The van der Waals surface area contributed by atoms with E-state index in [-0.39, 0.29) is 4.90 Å². The standard InChI is InChI=1S/C17H14F5NO4S/c1-8-3-4-10(5-9(8)2)28(25,26)23-6-12(24)27-7-11-13(18)15(20)17(22)16(21)14(11)19/h3-5,23H,6-7H2,1-2H3. The largest absolute Gasteiger partial charge is 0.460 e. The van der Waals surface area contributed by atoms with Crippen molar-refractivity contribution >= 4 is 16.0 Å². The van der Waals surface area contributed by atoms with E-state index in [1.165, 1.54) is 12.1 Å². The van der Waals surface area contributed by atoms with Gasteiger partial charge in [-0.3, -0.25) is 4.79 Å². The van der Waals surface area contributed by atoms with Crippen molar-refractivity contribution in [1.82, 2.24) is 4.72 Å². The van der Waals surface area contributed by atoms with E-state index in [1.54, 1.807) is 19.9 Å². The lowest BCUT2D eigenvalue weighted by molar-refractivity contribution is -0.143. The molecule has 0 spiro atoms. The van der Waals surface area contributed by atoms with Crippen molar-refractivity contribution in [2.45, 2.75) is 25.3 Å². The van der Waals surface area contributed by atoms with Crippen molar-refractivity contribution in [3.8, 4) is 0 Å². The molecule has 2 aromatic rings. The van der Waals surface area contributed by atoms with Gasteiger partial charge in [-0.05, 0) is 37.1 Å². The first-order valence-electron chi connectivity index (χ1n) is 7.68. The summed E-state index contributed by atoms with van der Waals surface area (Å²) in [5.74, 6) is -12.3. The predicted molar refractivity (Wildman–Crippen MR) is 87.1 cm³/mol. The summed E-state index contributed by atoms with van der Waals surface area (Å²) in [4.78, 5) is 11.5. The third-order valence-electron chi connectivity index (χ3n) is 3.87. The van der Waals surface area contributed by atoms with Gasteiger partial charge in [-0.1, -0.05) is 6.07 Å². The first-order chi connectivity index (χ1) is 13.0. The smallest absolute Gasteiger partial charge is 0.321 e. The maximum absolute atomic E-state index is 13.5. The number of hydrogen-bond donors (Lipinski definition) is 1. The second kappa shape index (κ2) is 8.23. The highest BCUT2D eigenvalue weighted by Crippen LogP contribution is 2.23. The molecule has 0 aliphatic rings. The summed E-state index contributed by atoms with van der Waals surface area (Å²) in [6.45, 7) is 1.28. The fourth-order valence-corrected chi connectivity index (χ4v) is 3.15. The summed E-state index contributed by atoms with van der Waals surface area (Å²) >= 11 is 0. The summed E-state index contributed by atoms with van der Waals surface area (Å²) in [5, 5.41) is 0. The van der Waals surface area contributed by atoms with Gasteiger partial charge in [0.15, 0.2) is 23.3 Å². The van der Waals surface area contributed by atoms with Gasteiger partial charge in [0.25, 0.3) is 0 Å².